The van der Waals surface area contributed by atoms with Crippen molar-refractivity contribution in [2.24, 2.45) is 9.98 Å². The third kappa shape index (κ3) is 3.26. The van der Waals surface area contributed by atoms with Crippen LogP contribution in [0.15, 0.2) is 77.2 Å². The van der Waals surface area contributed by atoms with Crippen LogP contribution in [0.1, 0.15) is 5.56 Å². The van der Waals surface area contributed by atoms with Crippen LogP contribution in [0.25, 0.3) is 5.70 Å². The largest absolute Gasteiger partial charge is 0.188 e. The molecule has 0 fully saturated rings. The molecule has 0 aliphatic rings. The Balaban J connectivity index is 2.12. The highest BCUT2D eigenvalue weighted by molar-refractivity contribution is 5.69. The second-order valence-corrected chi connectivity index (χ2v) is 3.47. The van der Waals surface area contributed by atoms with Gasteiger partial charge in [-0.05, 0) is 12.1 Å². The molecule has 0 radical (unpaired) electrons. The van der Waals surface area contributed by atoms with Crippen LogP contribution in [0.4, 0.5) is 5.69 Å². The molecule has 0 spiro atoms. The monoisotopic (exact) mass is 220 g/mol. The fourth-order valence-electron chi connectivity index (χ4n) is 1.34. The van der Waals surface area contributed by atoms with Crippen molar-refractivity contribution in [1.82, 2.24) is 0 Å². The summed E-state index contributed by atoms with van der Waals surface area (Å²) in [4.78, 5) is 8.17. The van der Waals surface area contributed by atoms with E-state index in [1.54, 1.807) is 0 Å². The normalized spacial score (nSPS) is 9.18. The van der Waals surface area contributed by atoms with Crippen LogP contribution in [0.5, 0.6) is 0 Å². The SMILES string of the molecule is C=C(N=C=Nc1ccccc1)c1ccccc1. The lowest BCUT2D eigenvalue weighted by atomic mass is 10.2. The number of rotatable bonds is 3. The number of aliphatic imine (C=N–C) groups is 2. The lowest BCUT2D eigenvalue weighted by Gasteiger charge is -1.95. The van der Waals surface area contributed by atoms with Gasteiger partial charge in [-0.3, -0.25) is 0 Å². The zero-order chi connectivity index (χ0) is 11.9. The van der Waals surface area contributed by atoms with Gasteiger partial charge in [-0.2, -0.15) is 9.98 Å². The van der Waals surface area contributed by atoms with E-state index in [1.165, 1.54) is 0 Å². The van der Waals surface area contributed by atoms with Gasteiger partial charge in [-0.15, -0.1) is 0 Å². The van der Waals surface area contributed by atoms with Gasteiger partial charge < -0.3 is 0 Å². The third-order valence-electron chi connectivity index (χ3n) is 2.23. The molecule has 0 atom stereocenters. The van der Waals surface area contributed by atoms with Crippen LogP contribution in [0, 0.1) is 0 Å². The molecule has 0 heterocycles. The molecule has 0 aliphatic heterocycles. The second-order valence-electron chi connectivity index (χ2n) is 3.47. The summed E-state index contributed by atoms with van der Waals surface area (Å²) < 4.78 is 0. The zero-order valence-electron chi connectivity index (χ0n) is 9.38. The summed E-state index contributed by atoms with van der Waals surface area (Å²) in [6.45, 7) is 3.87. The molecule has 0 aliphatic carbocycles. The molecule has 2 aromatic rings. The predicted octanol–water partition coefficient (Wildman–Crippen LogP) is 4.16. The predicted molar refractivity (Wildman–Crippen MR) is 71.4 cm³/mol. The third-order valence-corrected chi connectivity index (χ3v) is 2.23. The van der Waals surface area contributed by atoms with E-state index in [0.29, 0.717) is 5.70 Å². The highest BCUT2D eigenvalue weighted by Crippen LogP contribution is 2.12. The van der Waals surface area contributed by atoms with Gasteiger partial charge in [0.25, 0.3) is 0 Å². The number of hydrogen-bond acceptors (Lipinski definition) is 2. The molecule has 2 nitrogen and oxygen atoms in total. The molecule has 17 heavy (non-hydrogen) atoms. The van der Waals surface area contributed by atoms with Crippen LogP contribution in [-0.4, -0.2) is 6.01 Å². The Bertz CT molecular complexity index is 550. The van der Waals surface area contributed by atoms with Crippen molar-refractivity contribution in [3.8, 4) is 0 Å². The molecule has 2 heteroatoms. The molecular weight excluding hydrogens is 208 g/mol. The minimum Gasteiger partial charge on any atom is -0.188 e. The average Bonchev–Trinajstić information content (AvgIpc) is 2.41. The first-order valence-corrected chi connectivity index (χ1v) is 5.32. The van der Waals surface area contributed by atoms with Crippen molar-refractivity contribution in [2.45, 2.75) is 0 Å². The molecular formula is C15H12N2. The minimum atomic E-state index is 0.658. The van der Waals surface area contributed by atoms with Gasteiger partial charge in [0.1, 0.15) is 6.01 Å². The molecule has 0 amide bonds. The van der Waals surface area contributed by atoms with E-state index in [2.05, 4.69) is 22.6 Å². The summed E-state index contributed by atoms with van der Waals surface area (Å²) in [5.74, 6) is 0. The summed E-state index contributed by atoms with van der Waals surface area (Å²) >= 11 is 0. The summed E-state index contributed by atoms with van der Waals surface area (Å²) in [7, 11) is 0. The van der Waals surface area contributed by atoms with Gasteiger partial charge in [0.05, 0.1) is 11.4 Å². The average molecular weight is 220 g/mol. The molecule has 0 unspecified atom stereocenters. The van der Waals surface area contributed by atoms with Crippen LogP contribution in [0.3, 0.4) is 0 Å². The summed E-state index contributed by atoms with van der Waals surface area (Å²) in [6.07, 6.45) is 0. The standard InChI is InChI=1S/C15H12N2/c1-13(14-8-4-2-5-9-14)16-12-17-15-10-6-3-7-11-15/h2-11H,1H2. The molecule has 0 bridgehead atoms. The van der Waals surface area contributed by atoms with E-state index in [-0.39, 0.29) is 0 Å². The number of hydrogen-bond donors (Lipinski definition) is 0. The lowest BCUT2D eigenvalue weighted by molar-refractivity contribution is 1.49. The molecule has 2 aromatic carbocycles. The van der Waals surface area contributed by atoms with Gasteiger partial charge in [0.2, 0.25) is 0 Å². The highest BCUT2D eigenvalue weighted by atomic mass is 14.8. The first kappa shape index (κ1) is 11.1. The summed E-state index contributed by atoms with van der Waals surface area (Å²) in [5.41, 5.74) is 2.46. The smallest absolute Gasteiger partial charge is 0.100 e. The van der Waals surface area contributed by atoms with Crippen LogP contribution in [0.2, 0.25) is 0 Å². The van der Waals surface area contributed by atoms with Gasteiger partial charge in [0, 0.05) is 5.56 Å². The van der Waals surface area contributed by atoms with E-state index in [1.807, 2.05) is 60.7 Å². The Labute approximate surface area is 101 Å². The first-order chi connectivity index (χ1) is 8.36. The van der Waals surface area contributed by atoms with Gasteiger partial charge in [0.15, 0.2) is 0 Å². The molecule has 82 valence electrons. The van der Waals surface area contributed by atoms with Crippen LogP contribution < -0.4 is 0 Å². The van der Waals surface area contributed by atoms with Gasteiger partial charge in [-0.1, -0.05) is 55.1 Å². The Morgan fingerprint density at radius 2 is 1.47 bits per heavy atom. The highest BCUT2D eigenvalue weighted by Gasteiger charge is 1.92. The van der Waals surface area contributed by atoms with E-state index < -0.39 is 0 Å². The molecule has 2 rings (SSSR count). The van der Waals surface area contributed by atoms with Crippen molar-refractivity contribution in [3.63, 3.8) is 0 Å². The molecule has 0 saturated heterocycles. The first-order valence-electron chi connectivity index (χ1n) is 5.32. The van der Waals surface area contributed by atoms with Gasteiger partial charge in [-0.25, -0.2) is 0 Å². The summed E-state index contributed by atoms with van der Waals surface area (Å²) in [5, 5.41) is 0. The molecule has 0 aromatic heterocycles. The lowest BCUT2D eigenvalue weighted by Crippen LogP contribution is -1.76. The maximum atomic E-state index is 4.09. The van der Waals surface area contributed by atoms with Crippen molar-refractivity contribution >= 4 is 17.4 Å². The number of nitrogens with zero attached hydrogens (tertiary/aromatic N) is 2. The zero-order valence-corrected chi connectivity index (χ0v) is 9.38. The molecule has 0 N–H and O–H groups in total. The van der Waals surface area contributed by atoms with Crippen molar-refractivity contribution in [3.05, 3.63) is 72.8 Å². The Hall–Kier alpha value is -2.44. The van der Waals surface area contributed by atoms with E-state index in [0.717, 1.165) is 11.3 Å². The van der Waals surface area contributed by atoms with Crippen LogP contribution >= 0.6 is 0 Å². The fourth-order valence-corrected chi connectivity index (χ4v) is 1.34. The summed E-state index contributed by atoms with van der Waals surface area (Å²) in [6, 6.07) is 22.0. The van der Waals surface area contributed by atoms with E-state index in [9.17, 15) is 0 Å². The van der Waals surface area contributed by atoms with Crippen molar-refractivity contribution in [1.29, 1.82) is 0 Å². The van der Waals surface area contributed by atoms with Crippen molar-refractivity contribution < 1.29 is 0 Å². The Kier molecular flexibility index (Phi) is 3.64. The number of para-hydroxylation sites is 1. The van der Waals surface area contributed by atoms with E-state index in [4.69, 9.17) is 0 Å². The maximum Gasteiger partial charge on any atom is 0.100 e. The van der Waals surface area contributed by atoms with Gasteiger partial charge >= 0.3 is 0 Å². The second kappa shape index (κ2) is 5.59. The maximum absolute atomic E-state index is 4.09. The van der Waals surface area contributed by atoms with Crippen molar-refractivity contribution in [2.75, 3.05) is 0 Å². The quantitative estimate of drug-likeness (QED) is 0.694. The Morgan fingerprint density at radius 1 is 0.882 bits per heavy atom. The van der Waals surface area contributed by atoms with Crippen LogP contribution in [-0.2, 0) is 0 Å². The Morgan fingerprint density at radius 3 is 2.12 bits per heavy atom. The van der Waals surface area contributed by atoms with E-state index >= 15 is 0 Å². The number of benzene rings is 2. The minimum absolute atomic E-state index is 0.658. The fraction of sp³-hybridized carbons (Fsp3) is 0. The molecule has 0 saturated carbocycles. The topological polar surface area (TPSA) is 24.7 Å².